The first-order chi connectivity index (χ1) is 15.0. The van der Waals surface area contributed by atoms with Gasteiger partial charge in [0, 0.05) is 13.1 Å². The van der Waals surface area contributed by atoms with Gasteiger partial charge in [0.15, 0.2) is 6.10 Å². The highest BCUT2D eigenvalue weighted by Crippen LogP contribution is 2.40. The SMILES string of the molecule is CCOC(=O)C(OC(C)(C)C)c1c(C)c2c(c(C)c1Cc1ccccc1)CN(C(=O)O)C2. The van der Waals surface area contributed by atoms with Gasteiger partial charge in [0.05, 0.1) is 12.2 Å². The van der Waals surface area contributed by atoms with Crippen LogP contribution in [-0.2, 0) is 33.8 Å². The molecule has 0 fully saturated rings. The van der Waals surface area contributed by atoms with E-state index in [9.17, 15) is 14.7 Å². The van der Waals surface area contributed by atoms with Crippen LogP contribution in [0.2, 0.25) is 0 Å². The van der Waals surface area contributed by atoms with Crippen LogP contribution in [0.1, 0.15) is 72.7 Å². The van der Waals surface area contributed by atoms with Crippen molar-refractivity contribution in [3.8, 4) is 0 Å². The van der Waals surface area contributed by atoms with Gasteiger partial charge in [-0.1, -0.05) is 30.3 Å². The number of carboxylic acid groups (broad SMARTS) is 1. The molecule has 32 heavy (non-hydrogen) atoms. The van der Waals surface area contributed by atoms with Crippen molar-refractivity contribution in [2.75, 3.05) is 6.61 Å². The Morgan fingerprint density at radius 1 is 1.06 bits per heavy atom. The second-order valence-corrected chi connectivity index (χ2v) is 9.26. The van der Waals surface area contributed by atoms with Gasteiger partial charge in [-0.15, -0.1) is 0 Å². The van der Waals surface area contributed by atoms with Crippen molar-refractivity contribution >= 4 is 12.1 Å². The van der Waals surface area contributed by atoms with Crippen LogP contribution >= 0.6 is 0 Å². The standard InChI is InChI=1S/C26H33NO5/c1-7-31-24(28)23(32-26(4,5)6)22-17(3)21-15-27(25(29)30)14-20(21)16(2)19(22)13-18-11-9-8-10-12-18/h8-12,23H,7,13-15H2,1-6H3,(H,29,30). The van der Waals surface area contributed by atoms with Crippen molar-refractivity contribution in [3.63, 3.8) is 0 Å². The number of nitrogens with zero attached hydrogens (tertiary/aromatic N) is 1. The van der Waals surface area contributed by atoms with Gasteiger partial charge in [-0.3, -0.25) is 4.90 Å². The van der Waals surface area contributed by atoms with Gasteiger partial charge in [-0.25, -0.2) is 9.59 Å². The maximum Gasteiger partial charge on any atom is 0.407 e. The van der Waals surface area contributed by atoms with Crippen LogP contribution in [0.4, 0.5) is 4.79 Å². The third-order valence-electron chi connectivity index (χ3n) is 5.88. The number of ether oxygens (including phenoxy) is 2. The fourth-order valence-corrected chi connectivity index (χ4v) is 4.41. The van der Waals surface area contributed by atoms with Crippen molar-refractivity contribution in [1.29, 1.82) is 0 Å². The van der Waals surface area contributed by atoms with E-state index in [0.717, 1.165) is 38.9 Å². The highest BCUT2D eigenvalue weighted by atomic mass is 16.6. The molecular weight excluding hydrogens is 406 g/mol. The molecule has 3 rings (SSSR count). The van der Waals surface area contributed by atoms with Gasteiger partial charge in [0.1, 0.15) is 0 Å². The lowest BCUT2D eigenvalue weighted by Crippen LogP contribution is -2.30. The van der Waals surface area contributed by atoms with E-state index in [1.165, 1.54) is 4.90 Å². The van der Waals surface area contributed by atoms with Crippen molar-refractivity contribution in [1.82, 2.24) is 4.90 Å². The van der Waals surface area contributed by atoms with Crippen LogP contribution in [0.25, 0.3) is 0 Å². The highest BCUT2D eigenvalue weighted by molar-refractivity contribution is 5.79. The molecular formula is C26H33NO5. The lowest BCUT2D eigenvalue weighted by atomic mass is 9.83. The number of fused-ring (bicyclic) bond motifs is 1. The molecule has 0 saturated carbocycles. The average Bonchev–Trinajstić information content (AvgIpc) is 3.17. The fraction of sp³-hybridized carbons (Fsp3) is 0.462. The second-order valence-electron chi connectivity index (χ2n) is 9.26. The molecule has 1 unspecified atom stereocenters. The zero-order valence-corrected chi connectivity index (χ0v) is 19.8. The third-order valence-corrected chi connectivity index (χ3v) is 5.88. The zero-order valence-electron chi connectivity index (χ0n) is 19.8. The van der Waals surface area contributed by atoms with E-state index in [1.807, 2.05) is 52.8 Å². The summed E-state index contributed by atoms with van der Waals surface area (Å²) in [5.41, 5.74) is 6.24. The maximum absolute atomic E-state index is 13.1. The monoisotopic (exact) mass is 439 g/mol. The lowest BCUT2D eigenvalue weighted by molar-refractivity contribution is -0.167. The van der Waals surface area contributed by atoms with Gasteiger partial charge in [-0.2, -0.15) is 0 Å². The van der Waals surface area contributed by atoms with Crippen LogP contribution in [0.15, 0.2) is 30.3 Å². The molecule has 1 atom stereocenters. The minimum Gasteiger partial charge on any atom is -0.465 e. The van der Waals surface area contributed by atoms with Gasteiger partial charge in [0.2, 0.25) is 0 Å². The molecule has 6 nitrogen and oxygen atoms in total. The van der Waals surface area contributed by atoms with E-state index in [0.29, 0.717) is 19.5 Å². The van der Waals surface area contributed by atoms with Gasteiger partial charge < -0.3 is 14.6 Å². The van der Waals surface area contributed by atoms with Crippen LogP contribution in [0.5, 0.6) is 0 Å². The molecule has 0 aromatic heterocycles. The molecule has 0 radical (unpaired) electrons. The summed E-state index contributed by atoms with van der Waals surface area (Å²) in [4.78, 5) is 26.2. The molecule has 1 aliphatic rings. The summed E-state index contributed by atoms with van der Waals surface area (Å²) >= 11 is 0. The normalized spacial score (nSPS) is 14.2. The number of hydrogen-bond donors (Lipinski definition) is 1. The minimum absolute atomic E-state index is 0.257. The number of carbonyl (C=O) groups is 2. The number of amides is 1. The Hall–Kier alpha value is -2.86. The maximum atomic E-state index is 13.1. The van der Waals surface area contributed by atoms with E-state index in [2.05, 4.69) is 12.1 Å². The van der Waals surface area contributed by atoms with E-state index >= 15 is 0 Å². The molecule has 1 N–H and O–H groups in total. The topological polar surface area (TPSA) is 76.1 Å². The summed E-state index contributed by atoms with van der Waals surface area (Å²) in [5, 5.41) is 9.59. The molecule has 1 heterocycles. The Labute approximate surface area is 190 Å². The first-order valence-corrected chi connectivity index (χ1v) is 11.0. The first-order valence-electron chi connectivity index (χ1n) is 11.0. The Kier molecular flexibility index (Phi) is 6.94. The fourth-order valence-electron chi connectivity index (χ4n) is 4.41. The quantitative estimate of drug-likeness (QED) is 0.618. The Morgan fingerprint density at radius 2 is 1.66 bits per heavy atom. The average molecular weight is 440 g/mol. The van der Waals surface area contributed by atoms with E-state index in [1.54, 1.807) is 6.92 Å². The largest absolute Gasteiger partial charge is 0.465 e. The highest BCUT2D eigenvalue weighted by Gasteiger charge is 2.36. The van der Waals surface area contributed by atoms with Crippen molar-refractivity contribution in [3.05, 3.63) is 69.3 Å². The molecule has 1 aliphatic heterocycles. The molecule has 0 aliphatic carbocycles. The Morgan fingerprint density at radius 3 is 2.19 bits per heavy atom. The van der Waals surface area contributed by atoms with Crippen LogP contribution in [0, 0.1) is 13.8 Å². The van der Waals surface area contributed by atoms with Gasteiger partial charge in [-0.05, 0) is 86.9 Å². The summed E-state index contributed by atoms with van der Waals surface area (Å²) in [6, 6.07) is 10.1. The van der Waals surface area contributed by atoms with E-state index in [-0.39, 0.29) is 6.61 Å². The van der Waals surface area contributed by atoms with E-state index < -0.39 is 23.8 Å². The summed E-state index contributed by atoms with van der Waals surface area (Å²) in [6.07, 6.45) is -1.22. The number of benzene rings is 2. The van der Waals surface area contributed by atoms with Crippen molar-refractivity contribution in [2.45, 2.75) is 72.8 Å². The molecule has 172 valence electrons. The molecule has 2 aromatic rings. The Bertz CT molecular complexity index is 1010. The molecule has 6 heteroatoms. The summed E-state index contributed by atoms with van der Waals surface area (Å²) in [7, 11) is 0. The summed E-state index contributed by atoms with van der Waals surface area (Å²) in [6.45, 7) is 12.4. The lowest BCUT2D eigenvalue weighted by Gasteiger charge is -2.30. The Balaban J connectivity index is 2.24. The molecule has 0 bridgehead atoms. The smallest absolute Gasteiger partial charge is 0.407 e. The second kappa shape index (κ2) is 9.33. The molecule has 2 aromatic carbocycles. The van der Waals surface area contributed by atoms with Gasteiger partial charge in [0.25, 0.3) is 0 Å². The number of rotatable bonds is 6. The predicted molar refractivity (Wildman–Crippen MR) is 123 cm³/mol. The summed E-state index contributed by atoms with van der Waals surface area (Å²) < 4.78 is 11.7. The predicted octanol–water partition coefficient (Wildman–Crippen LogP) is 5.31. The van der Waals surface area contributed by atoms with Crippen LogP contribution in [0.3, 0.4) is 0 Å². The molecule has 0 saturated heterocycles. The summed E-state index contributed by atoms with van der Waals surface area (Å²) in [5.74, 6) is -0.424. The van der Waals surface area contributed by atoms with Crippen LogP contribution in [-0.4, -0.2) is 34.3 Å². The molecule has 1 amide bonds. The number of esters is 1. The number of carbonyl (C=O) groups excluding carboxylic acids is 1. The molecule has 0 spiro atoms. The van der Waals surface area contributed by atoms with Crippen LogP contribution < -0.4 is 0 Å². The number of hydrogen-bond acceptors (Lipinski definition) is 4. The van der Waals surface area contributed by atoms with E-state index in [4.69, 9.17) is 9.47 Å². The minimum atomic E-state index is -0.945. The van der Waals surface area contributed by atoms with Crippen molar-refractivity contribution < 1.29 is 24.2 Å². The van der Waals surface area contributed by atoms with Gasteiger partial charge >= 0.3 is 12.1 Å². The zero-order chi connectivity index (χ0) is 23.6. The first kappa shape index (κ1) is 23.8. The third kappa shape index (κ3) is 4.96. The van der Waals surface area contributed by atoms with Crippen molar-refractivity contribution in [2.24, 2.45) is 0 Å².